The van der Waals surface area contributed by atoms with Crippen molar-refractivity contribution in [3.63, 3.8) is 0 Å². The van der Waals surface area contributed by atoms with Gasteiger partial charge in [0.1, 0.15) is 0 Å². The van der Waals surface area contributed by atoms with Crippen LogP contribution in [0.3, 0.4) is 0 Å². The number of fused-ring (bicyclic) bond motifs is 1. The van der Waals surface area contributed by atoms with Gasteiger partial charge in [0.25, 0.3) is 0 Å². The second-order valence-electron chi connectivity index (χ2n) is 8.40. The van der Waals surface area contributed by atoms with Gasteiger partial charge in [0, 0.05) is 19.5 Å². The molecule has 4 heteroatoms. The predicted molar refractivity (Wildman–Crippen MR) is 102 cm³/mol. The normalized spacial score (nSPS) is 23.7. The molecule has 0 radical (unpaired) electrons. The number of carboxylic acid groups (broad SMARTS) is 1. The van der Waals surface area contributed by atoms with E-state index < -0.39 is 11.9 Å². The molecule has 0 spiro atoms. The molecule has 2 fully saturated rings. The summed E-state index contributed by atoms with van der Waals surface area (Å²) in [7, 11) is 0. The Kier molecular flexibility index (Phi) is 6.00. The van der Waals surface area contributed by atoms with Crippen molar-refractivity contribution in [3.8, 4) is 0 Å². The van der Waals surface area contributed by atoms with E-state index in [4.69, 9.17) is 0 Å². The Bertz CT molecular complexity index is 641. The van der Waals surface area contributed by atoms with Crippen LogP contribution in [0.2, 0.25) is 0 Å². The van der Waals surface area contributed by atoms with Gasteiger partial charge in [0.15, 0.2) is 0 Å². The number of carbonyl (C=O) groups excluding carboxylic acids is 1. The molecule has 1 saturated heterocycles. The molecule has 1 N–H and O–H groups in total. The lowest BCUT2D eigenvalue weighted by atomic mass is 9.82. The maximum atomic E-state index is 12.8. The Morgan fingerprint density at radius 2 is 1.73 bits per heavy atom. The third kappa shape index (κ3) is 4.28. The van der Waals surface area contributed by atoms with Gasteiger partial charge in [-0.2, -0.15) is 0 Å². The maximum absolute atomic E-state index is 12.8. The number of rotatable bonds is 6. The van der Waals surface area contributed by atoms with Gasteiger partial charge in [-0.25, -0.2) is 0 Å². The number of carbonyl (C=O) groups is 2. The first kappa shape index (κ1) is 18.9. The van der Waals surface area contributed by atoms with E-state index in [9.17, 15) is 14.7 Å². The lowest BCUT2D eigenvalue weighted by Crippen LogP contribution is -2.33. The average molecular weight is 357 g/mol. The number of hydrogen-bond donors (Lipinski definition) is 1. The van der Waals surface area contributed by atoms with Crippen molar-refractivity contribution in [1.82, 2.24) is 4.90 Å². The SMILES string of the molecule is CC(C)c1ccccc1CC(CC(=O)N1C[C@H]2CCCC[C@H]2C1)C(=O)O. The van der Waals surface area contributed by atoms with E-state index in [-0.39, 0.29) is 12.3 Å². The van der Waals surface area contributed by atoms with Gasteiger partial charge < -0.3 is 10.0 Å². The molecular formula is C22H31NO3. The average Bonchev–Trinajstić information content (AvgIpc) is 3.05. The third-order valence-electron chi connectivity index (χ3n) is 6.24. The Morgan fingerprint density at radius 3 is 2.31 bits per heavy atom. The Morgan fingerprint density at radius 1 is 1.12 bits per heavy atom. The molecule has 1 saturated carbocycles. The monoisotopic (exact) mass is 357 g/mol. The van der Waals surface area contributed by atoms with Gasteiger partial charge in [0.05, 0.1) is 5.92 Å². The molecule has 3 atom stereocenters. The molecule has 2 aliphatic rings. The van der Waals surface area contributed by atoms with Crippen molar-refractivity contribution < 1.29 is 14.7 Å². The first-order valence-corrected chi connectivity index (χ1v) is 10.0. The van der Waals surface area contributed by atoms with Crippen LogP contribution in [0.25, 0.3) is 0 Å². The van der Waals surface area contributed by atoms with Crippen LogP contribution in [0.1, 0.15) is 63.0 Å². The summed E-state index contributed by atoms with van der Waals surface area (Å²) in [6.45, 7) is 5.90. The lowest BCUT2D eigenvalue weighted by Gasteiger charge is -2.22. The van der Waals surface area contributed by atoms with Crippen molar-refractivity contribution in [1.29, 1.82) is 0 Å². The van der Waals surface area contributed by atoms with Crippen molar-refractivity contribution in [2.24, 2.45) is 17.8 Å². The van der Waals surface area contributed by atoms with E-state index >= 15 is 0 Å². The first-order valence-electron chi connectivity index (χ1n) is 10.0. The quantitative estimate of drug-likeness (QED) is 0.834. The summed E-state index contributed by atoms with van der Waals surface area (Å²) >= 11 is 0. The highest BCUT2D eigenvalue weighted by Gasteiger charge is 2.37. The molecule has 1 unspecified atom stereocenters. The molecule has 4 nitrogen and oxygen atoms in total. The molecule has 0 bridgehead atoms. The van der Waals surface area contributed by atoms with Crippen molar-refractivity contribution in [2.45, 2.75) is 58.3 Å². The number of hydrogen-bond acceptors (Lipinski definition) is 2. The van der Waals surface area contributed by atoms with Crippen LogP contribution in [0, 0.1) is 17.8 Å². The summed E-state index contributed by atoms with van der Waals surface area (Å²) < 4.78 is 0. The fourth-order valence-corrected chi connectivity index (χ4v) is 4.74. The Hall–Kier alpha value is -1.84. The predicted octanol–water partition coefficient (Wildman–Crippen LogP) is 4.09. The van der Waals surface area contributed by atoms with Gasteiger partial charge in [-0.15, -0.1) is 0 Å². The fraction of sp³-hybridized carbons (Fsp3) is 0.636. The van der Waals surface area contributed by atoms with Gasteiger partial charge in [0.2, 0.25) is 5.91 Å². The number of aliphatic carboxylic acids is 1. The zero-order valence-corrected chi connectivity index (χ0v) is 16.0. The van der Waals surface area contributed by atoms with Crippen LogP contribution in [0.4, 0.5) is 0 Å². The topological polar surface area (TPSA) is 57.6 Å². The summed E-state index contributed by atoms with van der Waals surface area (Å²) in [4.78, 5) is 26.5. The molecule has 1 aromatic rings. The highest BCUT2D eigenvalue weighted by atomic mass is 16.4. The second kappa shape index (κ2) is 8.24. The van der Waals surface area contributed by atoms with Crippen molar-refractivity contribution in [3.05, 3.63) is 35.4 Å². The van der Waals surface area contributed by atoms with E-state index in [1.807, 2.05) is 23.1 Å². The molecule has 3 rings (SSSR count). The standard InChI is InChI=1S/C22H31NO3/c1-15(2)20-10-6-5-7-16(20)11-19(22(25)26)12-21(24)23-13-17-8-3-4-9-18(17)14-23/h5-7,10,15,17-19H,3-4,8-9,11-14H2,1-2H3,(H,25,26)/t17-,18+,19?. The van der Waals surface area contributed by atoms with Crippen LogP contribution in [-0.4, -0.2) is 35.0 Å². The zero-order chi connectivity index (χ0) is 18.7. The van der Waals surface area contributed by atoms with Gasteiger partial charge in [-0.1, -0.05) is 51.0 Å². The van der Waals surface area contributed by atoms with Crippen LogP contribution in [-0.2, 0) is 16.0 Å². The first-order chi connectivity index (χ1) is 12.5. The summed E-state index contributed by atoms with van der Waals surface area (Å²) in [5.41, 5.74) is 2.23. The Balaban J connectivity index is 1.66. The molecule has 1 aliphatic carbocycles. The minimum Gasteiger partial charge on any atom is -0.481 e. The van der Waals surface area contributed by atoms with Crippen molar-refractivity contribution in [2.75, 3.05) is 13.1 Å². The van der Waals surface area contributed by atoms with Crippen LogP contribution >= 0.6 is 0 Å². The summed E-state index contributed by atoms with van der Waals surface area (Å²) in [6, 6.07) is 8.00. The van der Waals surface area contributed by atoms with Gasteiger partial charge in [-0.3, -0.25) is 9.59 Å². The third-order valence-corrected chi connectivity index (χ3v) is 6.24. The molecule has 1 aliphatic heterocycles. The lowest BCUT2D eigenvalue weighted by molar-refractivity contribution is -0.145. The van der Waals surface area contributed by atoms with E-state index in [0.717, 1.165) is 18.7 Å². The number of nitrogens with zero attached hydrogens (tertiary/aromatic N) is 1. The summed E-state index contributed by atoms with van der Waals surface area (Å²) in [5.74, 6) is 0.126. The molecule has 0 aromatic heterocycles. The van der Waals surface area contributed by atoms with Gasteiger partial charge >= 0.3 is 5.97 Å². The molecule has 26 heavy (non-hydrogen) atoms. The zero-order valence-electron chi connectivity index (χ0n) is 16.0. The maximum Gasteiger partial charge on any atom is 0.307 e. The summed E-state index contributed by atoms with van der Waals surface area (Å²) in [5, 5.41) is 9.69. The summed E-state index contributed by atoms with van der Waals surface area (Å²) in [6.07, 6.45) is 5.52. The Labute approximate surface area is 156 Å². The fourth-order valence-electron chi connectivity index (χ4n) is 4.74. The molecule has 1 aromatic carbocycles. The van der Waals surface area contributed by atoms with Crippen molar-refractivity contribution >= 4 is 11.9 Å². The van der Waals surface area contributed by atoms with Crippen LogP contribution in [0.5, 0.6) is 0 Å². The highest BCUT2D eigenvalue weighted by Crippen LogP contribution is 2.36. The van der Waals surface area contributed by atoms with E-state index in [0.29, 0.717) is 24.2 Å². The van der Waals surface area contributed by atoms with E-state index in [1.165, 1.54) is 31.2 Å². The molecule has 142 valence electrons. The van der Waals surface area contributed by atoms with Crippen LogP contribution < -0.4 is 0 Å². The highest BCUT2D eigenvalue weighted by molar-refractivity contribution is 5.82. The smallest absolute Gasteiger partial charge is 0.307 e. The van der Waals surface area contributed by atoms with Gasteiger partial charge in [-0.05, 0) is 48.1 Å². The molecular weight excluding hydrogens is 326 g/mol. The minimum atomic E-state index is -0.867. The number of amides is 1. The number of likely N-dealkylation sites (tertiary alicyclic amines) is 1. The minimum absolute atomic E-state index is 0.0221. The number of benzene rings is 1. The van der Waals surface area contributed by atoms with E-state index in [2.05, 4.69) is 19.9 Å². The molecule has 1 amide bonds. The number of carboxylic acids is 1. The van der Waals surface area contributed by atoms with Crippen LogP contribution in [0.15, 0.2) is 24.3 Å². The molecule has 1 heterocycles. The largest absolute Gasteiger partial charge is 0.481 e. The van der Waals surface area contributed by atoms with E-state index in [1.54, 1.807) is 0 Å². The second-order valence-corrected chi connectivity index (χ2v) is 8.40.